The second-order valence-corrected chi connectivity index (χ2v) is 15.1. The highest BCUT2D eigenvalue weighted by Gasteiger charge is 2.21. The van der Waals surface area contributed by atoms with Crippen molar-refractivity contribution in [2.24, 2.45) is 16.2 Å². The van der Waals surface area contributed by atoms with Gasteiger partial charge in [0.05, 0.1) is 5.69 Å². The first-order valence-corrected chi connectivity index (χ1v) is 20.2. The molecule has 56 heavy (non-hydrogen) atoms. The molecular formula is C48H45N3O4S. The van der Waals surface area contributed by atoms with Crippen molar-refractivity contribution >= 4 is 63.0 Å². The van der Waals surface area contributed by atoms with Gasteiger partial charge in [-0.05, 0) is 60.5 Å². The Hall–Kier alpha value is -5.99. The molecule has 0 aromatic heterocycles. The minimum Gasteiger partial charge on any atom is -0.318 e. The second kappa shape index (κ2) is 18.6. The van der Waals surface area contributed by atoms with E-state index in [9.17, 15) is 9.59 Å². The van der Waals surface area contributed by atoms with Crippen LogP contribution >= 0.6 is 11.8 Å². The lowest BCUT2D eigenvalue weighted by molar-refractivity contribution is -0.141. The van der Waals surface area contributed by atoms with E-state index >= 15 is 0 Å². The first-order valence-electron chi connectivity index (χ1n) is 19.2. The van der Waals surface area contributed by atoms with Crippen LogP contribution in [0, 0.1) is 5.92 Å². The van der Waals surface area contributed by atoms with Gasteiger partial charge in [-0.3, -0.25) is 0 Å². The first-order chi connectivity index (χ1) is 27.4. The van der Waals surface area contributed by atoms with E-state index in [4.69, 9.17) is 9.68 Å². The highest BCUT2D eigenvalue weighted by molar-refractivity contribution is 7.99. The average Bonchev–Trinajstić information content (AvgIpc) is 3.51. The van der Waals surface area contributed by atoms with Gasteiger partial charge in [0.25, 0.3) is 0 Å². The summed E-state index contributed by atoms with van der Waals surface area (Å²) >= 11 is 1.88. The molecule has 7 rings (SSSR count). The highest BCUT2D eigenvalue weighted by atomic mass is 32.2. The van der Waals surface area contributed by atoms with E-state index in [-0.39, 0.29) is 0 Å². The van der Waals surface area contributed by atoms with Crippen molar-refractivity contribution in [3.8, 4) is 0 Å². The molecule has 7 nitrogen and oxygen atoms in total. The molecule has 0 aliphatic heterocycles. The Morgan fingerprint density at radius 3 is 1.77 bits per heavy atom. The predicted octanol–water partition coefficient (Wildman–Crippen LogP) is 12.0. The van der Waals surface area contributed by atoms with Gasteiger partial charge in [-0.1, -0.05) is 145 Å². The van der Waals surface area contributed by atoms with Crippen LogP contribution in [0.3, 0.4) is 0 Å². The Kier molecular flexibility index (Phi) is 12.7. The van der Waals surface area contributed by atoms with Gasteiger partial charge in [-0.15, -0.1) is 11.8 Å². The van der Waals surface area contributed by atoms with Crippen LogP contribution in [-0.4, -0.2) is 29.1 Å². The van der Waals surface area contributed by atoms with Crippen LogP contribution < -0.4 is 4.90 Å². The largest absolute Gasteiger partial charge is 0.332 e. The molecule has 0 bridgehead atoms. The number of rotatable bonds is 12. The second-order valence-electron chi connectivity index (χ2n) is 14.0. The number of hydrogen-bond acceptors (Lipinski definition) is 8. The van der Waals surface area contributed by atoms with Gasteiger partial charge in [0.1, 0.15) is 11.4 Å². The Morgan fingerprint density at radius 1 is 0.589 bits per heavy atom. The topological polar surface area (TPSA) is 80.6 Å². The molecular weight excluding hydrogens is 715 g/mol. The zero-order valence-corrected chi connectivity index (χ0v) is 32.6. The van der Waals surface area contributed by atoms with E-state index in [1.54, 1.807) is 0 Å². The highest BCUT2D eigenvalue weighted by Crippen LogP contribution is 2.42. The van der Waals surface area contributed by atoms with E-state index in [0.29, 0.717) is 17.3 Å². The van der Waals surface area contributed by atoms with Gasteiger partial charge in [0, 0.05) is 63.5 Å². The fraction of sp³-hybridized carbons (Fsp3) is 0.208. The van der Waals surface area contributed by atoms with E-state index in [2.05, 4.69) is 88.0 Å². The molecule has 6 aromatic carbocycles. The lowest BCUT2D eigenvalue weighted by atomic mass is 10.00. The van der Waals surface area contributed by atoms with Crippen molar-refractivity contribution < 1.29 is 19.3 Å². The number of hydrogen-bond donors (Lipinski definition) is 0. The van der Waals surface area contributed by atoms with Gasteiger partial charge in [0.2, 0.25) is 0 Å². The van der Waals surface area contributed by atoms with Crippen molar-refractivity contribution in [2.75, 3.05) is 10.7 Å². The van der Waals surface area contributed by atoms with E-state index < -0.39 is 11.9 Å². The SMILES string of the molecule is CC(=O)O/N=C(/c1ccccc1)c1ccc(N(c2cc(SCC3CCCCCC3)cc(/C(=N\OC(C)=O)c3ccccc3)c2)c2cccc3ccccc23)cc1. The van der Waals surface area contributed by atoms with Crippen LogP contribution in [0.2, 0.25) is 0 Å². The zero-order valence-electron chi connectivity index (χ0n) is 31.8. The lowest BCUT2D eigenvalue weighted by Gasteiger charge is -2.28. The predicted molar refractivity (Wildman–Crippen MR) is 228 cm³/mol. The molecule has 0 amide bonds. The van der Waals surface area contributed by atoms with Crippen molar-refractivity contribution in [1.82, 2.24) is 0 Å². The lowest BCUT2D eigenvalue weighted by Crippen LogP contribution is -2.13. The Balaban J connectivity index is 1.40. The molecule has 0 atom stereocenters. The van der Waals surface area contributed by atoms with Crippen molar-refractivity contribution in [3.05, 3.63) is 168 Å². The van der Waals surface area contributed by atoms with Crippen LogP contribution in [0.5, 0.6) is 0 Å². The molecule has 0 saturated heterocycles. The number of carbonyl (C=O) groups excluding carboxylic acids is 2. The number of fused-ring (bicyclic) bond motifs is 1. The first kappa shape index (κ1) is 38.3. The third kappa shape index (κ3) is 9.62. The molecule has 0 spiro atoms. The summed E-state index contributed by atoms with van der Waals surface area (Å²) in [6.07, 6.45) is 7.70. The fourth-order valence-corrected chi connectivity index (χ4v) is 8.41. The molecule has 0 heterocycles. The van der Waals surface area contributed by atoms with Gasteiger partial charge in [-0.25, -0.2) is 9.59 Å². The summed E-state index contributed by atoms with van der Waals surface area (Å²) in [5, 5.41) is 10.9. The number of carbonyl (C=O) groups is 2. The Labute approximate surface area is 333 Å². The van der Waals surface area contributed by atoms with Crippen molar-refractivity contribution in [2.45, 2.75) is 57.3 Å². The summed E-state index contributed by atoms with van der Waals surface area (Å²) < 4.78 is 0. The van der Waals surface area contributed by atoms with Crippen molar-refractivity contribution in [1.29, 1.82) is 0 Å². The summed E-state index contributed by atoms with van der Waals surface area (Å²) in [6, 6.07) is 49.0. The molecule has 8 heteroatoms. The molecule has 6 aromatic rings. The minimum absolute atomic E-state index is 0.484. The van der Waals surface area contributed by atoms with Gasteiger partial charge < -0.3 is 14.6 Å². The summed E-state index contributed by atoms with van der Waals surface area (Å²) in [7, 11) is 0. The number of thioether (sulfide) groups is 1. The van der Waals surface area contributed by atoms with E-state index in [1.807, 2.05) is 84.6 Å². The summed E-state index contributed by atoms with van der Waals surface area (Å²) in [5.74, 6) is 0.712. The van der Waals surface area contributed by atoms with Crippen LogP contribution in [0.25, 0.3) is 10.8 Å². The molecule has 0 N–H and O–H groups in total. The number of benzene rings is 6. The molecule has 1 saturated carbocycles. The van der Waals surface area contributed by atoms with Crippen LogP contribution in [-0.2, 0) is 19.3 Å². The third-order valence-corrected chi connectivity index (χ3v) is 11.1. The normalized spacial score (nSPS) is 13.9. The molecule has 1 aliphatic carbocycles. The molecule has 0 unspecified atom stereocenters. The smallest absolute Gasteiger partial charge is 0.318 e. The quantitative estimate of drug-likeness (QED) is 0.0406. The average molecular weight is 760 g/mol. The van der Waals surface area contributed by atoms with Gasteiger partial charge >= 0.3 is 11.9 Å². The maximum atomic E-state index is 12.1. The maximum absolute atomic E-state index is 12.1. The number of nitrogens with zero attached hydrogens (tertiary/aromatic N) is 3. The van der Waals surface area contributed by atoms with Crippen LogP contribution in [0.1, 0.15) is 74.6 Å². The molecule has 0 radical (unpaired) electrons. The minimum atomic E-state index is -0.489. The molecule has 1 aliphatic rings. The standard InChI is InChI=1S/C48H45N3O4S/c1-34(52)54-49-47(38-19-9-5-10-20-38)40-26-28-42(29-27-40)51(46-25-15-23-37-18-13-14-24-45(37)46)43-30-41(48(50-55-35(2)53)39-21-11-6-12-22-39)31-44(32-43)56-33-36-16-7-3-4-8-17-36/h5-6,9-15,18-32,36H,3-4,7-8,16-17,33H2,1-2H3/b49-47-,50-48-. The molecule has 282 valence electrons. The van der Waals surface area contributed by atoms with Crippen LogP contribution in [0.15, 0.2) is 161 Å². The number of oxime groups is 2. The fourth-order valence-electron chi connectivity index (χ4n) is 7.23. The number of anilines is 3. The monoisotopic (exact) mass is 759 g/mol. The maximum Gasteiger partial charge on any atom is 0.332 e. The Morgan fingerprint density at radius 2 is 1.14 bits per heavy atom. The summed E-state index contributed by atoms with van der Waals surface area (Å²) in [6.45, 7) is 2.71. The summed E-state index contributed by atoms with van der Waals surface area (Å²) in [4.78, 5) is 37.8. The summed E-state index contributed by atoms with van der Waals surface area (Å²) in [5.41, 5.74) is 7.27. The van der Waals surface area contributed by atoms with E-state index in [1.165, 1.54) is 52.4 Å². The molecule has 1 fully saturated rings. The van der Waals surface area contributed by atoms with E-state index in [0.717, 1.165) is 60.7 Å². The van der Waals surface area contributed by atoms with Crippen molar-refractivity contribution in [3.63, 3.8) is 0 Å². The third-order valence-electron chi connectivity index (χ3n) is 9.92. The van der Waals surface area contributed by atoms with Gasteiger partial charge in [-0.2, -0.15) is 0 Å². The van der Waals surface area contributed by atoms with Crippen LogP contribution in [0.4, 0.5) is 17.1 Å². The van der Waals surface area contributed by atoms with Gasteiger partial charge in [0.15, 0.2) is 0 Å². The zero-order chi connectivity index (χ0) is 38.7. The Bertz CT molecular complexity index is 2330.